The van der Waals surface area contributed by atoms with Crippen LogP contribution < -0.4 is 20.9 Å². The smallest absolute Gasteiger partial charge is 0.416 e. The molecule has 3 N–H and O–H groups in total. The molecule has 1 heterocycles. The average Bonchev–Trinajstić information content (AvgIpc) is 2.98. The fraction of sp³-hybridized carbons (Fsp3) is 0.265. The Kier molecular flexibility index (Phi) is 10.0. The van der Waals surface area contributed by atoms with Crippen molar-refractivity contribution >= 4 is 35.0 Å². The Balaban J connectivity index is 1.61. The van der Waals surface area contributed by atoms with Gasteiger partial charge in [0.1, 0.15) is 11.3 Å². The normalized spacial score (nSPS) is 15.0. The van der Waals surface area contributed by atoms with Crippen LogP contribution in [0.1, 0.15) is 50.0 Å². The number of rotatable bonds is 8. The van der Waals surface area contributed by atoms with Crippen LogP contribution in [0.5, 0.6) is 0 Å². The number of alkyl carbamates (subject to hydrolysis) is 1. The maximum Gasteiger partial charge on any atom is 0.416 e. The molecule has 1 unspecified atom stereocenters. The summed E-state index contributed by atoms with van der Waals surface area (Å²) in [6.07, 6.45) is -3.12. The predicted molar refractivity (Wildman–Crippen MR) is 168 cm³/mol. The van der Waals surface area contributed by atoms with Gasteiger partial charge in [0.15, 0.2) is 0 Å². The van der Waals surface area contributed by atoms with Crippen molar-refractivity contribution in [2.24, 2.45) is 0 Å². The molecule has 3 aromatic rings. The summed E-state index contributed by atoms with van der Waals surface area (Å²) < 4.78 is 47.2. The Labute approximate surface area is 260 Å². The average molecular weight is 621 g/mol. The summed E-state index contributed by atoms with van der Waals surface area (Å²) >= 11 is 0. The Morgan fingerprint density at radius 2 is 1.51 bits per heavy atom. The van der Waals surface area contributed by atoms with Gasteiger partial charge in [-0.25, -0.2) is 4.79 Å². The molecule has 4 rings (SSSR count). The molecule has 3 aromatic carbocycles. The molecule has 0 saturated heterocycles. The van der Waals surface area contributed by atoms with Crippen molar-refractivity contribution in [3.8, 4) is 0 Å². The van der Waals surface area contributed by atoms with Crippen LogP contribution in [-0.4, -0.2) is 35.7 Å². The van der Waals surface area contributed by atoms with E-state index in [9.17, 15) is 27.6 Å². The third kappa shape index (κ3) is 8.98. The topological polar surface area (TPSA) is 99.8 Å². The van der Waals surface area contributed by atoms with Crippen molar-refractivity contribution in [1.29, 1.82) is 0 Å². The SMILES string of the molecule is CCC1C=C(C(F)(F)F)C=C(C(=O)Nc2cccc(C(=O)Nc3ccccc3)c2)N1c1cccc(CNC(=O)OC(C)(C)C)c1. The van der Waals surface area contributed by atoms with Gasteiger partial charge in [-0.15, -0.1) is 0 Å². The Bertz CT molecular complexity index is 1610. The molecule has 1 aliphatic rings. The van der Waals surface area contributed by atoms with Crippen LogP contribution in [0.3, 0.4) is 0 Å². The number of benzene rings is 3. The van der Waals surface area contributed by atoms with Gasteiger partial charge >= 0.3 is 12.3 Å². The minimum Gasteiger partial charge on any atom is -0.444 e. The van der Waals surface area contributed by atoms with Crippen molar-refractivity contribution in [3.05, 3.63) is 113 Å². The minimum absolute atomic E-state index is 0.0973. The van der Waals surface area contributed by atoms with Gasteiger partial charge in [-0.2, -0.15) is 13.2 Å². The number of hydrogen-bond acceptors (Lipinski definition) is 5. The van der Waals surface area contributed by atoms with Gasteiger partial charge in [0.2, 0.25) is 0 Å². The summed E-state index contributed by atoms with van der Waals surface area (Å²) in [6, 6.07) is 21.0. The highest BCUT2D eigenvalue weighted by molar-refractivity contribution is 6.09. The molecule has 0 saturated carbocycles. The lowest BCUT2D eigenvalue weighted by molar-refractivity contribution is -0.113. The highest BCUT2D eigenvalue weighted by atomic mass is 19.4. The standard InChI is InChI=1S/C34H35F3N4O4/c1-5-27-19-24(34(35,36)37)20-29(41(27)28-16-9-11-22(17-28)21-38-32(44)45-33(2,3)4)31(43)40-26-15-10-12-23(18-26)30(42)39-25-13-7-6-8-14-25/h6-20,27H,5,21H2,1-4H3,(H,38,44)(H,39,42)(H,40,43). The van der Waals surface area contributed by atoms with Crippen LogP contribution in [0.4, 0.5) is 35.0 Å². The lowest BCUT2D eigenvalue weighted by atomic mass is 9.99. The first-order chi connectivity index (χ1) is 21.2. The number of carbonyl (C=O) groups is 3. The molecule has 1 atom stereocenters. The van der Waals surface area contributed by atoms with E-state index in [0.29, 0.717) is 16.9 Å². The van der Waals surface area contributed by atoms with E-state index < -0.39 is 41.3 Å². The third-order valence-electron chi connectivity index (χ3n) is 6.67. The molecule has 236 valence electrons. The largest absolute Gasteiger partial charge is 0.444 e. The van der Waals surface area contributed by atoms with Gasteiger partial charge in [-0.3, -0.25) is 9.59 Å². The fourth-order valence-corrected chi connectivity index (χ4v) is 4.67. The van der Waals surface area contributed by atoms with Gasteiger partial charge in [-0.05, 0) is 87.4 Å². The number of halogens is 3. The van der Waals surface area contributed by atoms with E-state index in [0.717, 1.165) is 12.2 Å². The highest BCUT2D eigenvalue weighted by Crippen LogP contribution is 2.36. The lowest BCUT2D eigenvalue weighted by Gasteiger charge is -2.36. The zero-order valence-electron chi connectivity index (χ0n) is 25.4. The number of para-hydroxylation sites is 1. The van der Waals surface area contributed by atoms with Gasteiger partial charge in [0.05, 0.1) is 11.6 Å². The Morgan fingerprint density at radius 3 is 2.18 bits per heavy atom. The molecule has 8 nitrogen and oxygen atoms in total. The first-order valence-corrected chi connectivity index (χ1v) is 14.4. The monoisotopic (exact) mass is 620 g/mol. The second-order valence-electron chi connectivity index (χ2n) is 11.4. The molecule has 1 aliphatic heterocycles. The van der Waals surface area contributed by atoms with Crippen LogP contribution in [0, 0.1) is 0 Å². The van der Waals surface area contributed by atoms with Gasteiger partial charge in [0, 0.05) is 29.2 Å². The number of ether oxygens (including phenoxy) is 1. The number of nitrogens with zero attached hydrogens (tertiary/aromatic N) is 1. The number of anilines is 3. The molecular formula is C34H35F3N4O4. The zero-order chi connectivity index (χ0) is 32.8. The summed E-state index contributed by atoms with van der Waals surface area (Å²) in [7, 11) is 0. The second kappa shape index (κ2) is 13.7. The van der Waals surface area contributed by atoms with E-state index in [2.05, 4.69) is 16.0 Å². The van der Waals surface area contributed by atoms with Crippen LogP contribution in [0.2, 0.25) is 0 Å². The summed E-state index contributed by atoms with van der Waals surface area (Å²) in [5.41, 5.74) is 0.320. The predicted octanol–water partition coefficient (Wildman–Crippen LogP) is 7.57. The summed E-state index contributed by atoms with van der Waals surface area (Å²) in [6.45, 7) is 7.05. The van der Waals surface area contributed by atoms with E-state index in [-0.39, 0.29) is 29.9 Å². The molecule has 45 heavy (non-hydrogen) atoms. The number of carbonyl (C=O) groups excluding carboxylic acids is 3. The highest BCUT2D eigenvalue weighted by Gasteiger charge is 2.39. The van der Waals surface area contributed by atoms with Gasteiger partial charge < -0.3 is 25.6 Å². The van der Waals surface area contributed by atoms with Crippen molar-refractivity contribution in [1.82, 2.24) is 5.32 Å². The number of hydrogen-bond donors (Lipinski definition) is 3. The Morgan fingerprint density at radius 1 is 0.844 bits per heavy atom. The van der Waals surface area contributed by atoms with Crippen molar-refractivity contribution in [3.63, 3.8) is 0 Å². The second-order valence-corrected chi connectivity index (χ2v) is 11.4. The number of amides is 3. The van der Waals surface area contributed by atoms with Crippen LogP contribution in [0.25, 0.3) is 0 Å². The van der Waals surface area contributed by atoms with Crippen molar-refractivity contribution in [2.75, 3.05) is 15.5 Å². The molecule has 0 radical (unpaired) electrons. The van der Waals surface area contributed by atoms with E-state index in [4.69, 9.17) is 4.74 Å². The first-order valence-electron chi connectivity index (χ1n) is 14.4. The van der Waals surface area contributed by atoms with Crippen molar-refractivity contribution < 1.29 is 32.3 Å². The summed E-state index contributed by atoms with van der Waals surface area (Å²) in [5, 5.41) is 8.10. The van der Waals surface area contributed by atoms with E-state index >= 15 is 0 Å². The molecule has 0 aliphatic carbocycles. The van der Waals surface area contributed by atoms with E-state index in [1.165, 1.54) is 11.0 Å². The minimum atomic E-state index is -4.68. The van der Waals surface area contributed by atoms with E-state index in [1.807, 2.05) is 6.07 Å². The number of nitrogens with one attached hydrogen (secondary N) is 3. The number of allylic oxidation sites excluding steroid dienone is 2. The van der Waals surface area contributed by atoms with Crippen LogP contribution in [-0.2, 0) is 16.1 Å². The van der Waals surface area contributed by atoms with Crippen LogP contribution in [0.15, 0.2) is 102 Å². The molecule has 11 heteroatoms. The van der Waals surface area contributed by atoms with Crippen molar-refractivity contribution in [2.45, 2.75) is 58.5 Å². The number of alkyl halides is 3. The third-order valence-corrected chi connectivity index (χ3v) is 6.67. The quantitative estimate of drug-likeness (QED) is 0.241. The molecule has 0 spiro atoms. The molecular weight excluding hydrogens is 585 g/mol. The molecule has 0 bridgehead atoms. The molecule has 0 fully saturated rings. The molecule has 3 amide bonds. The fourth-order valence-electron chi connectivity index (χ4n) is 4.67. The maximum atomic E-state index is 14.0. The summed E-state index contributed by atoms with van der Waals surface area (Å²) in [5.74, 6) is -1.21. The lowest BCUT2D eigenvalue weighted by Crippen LogP contribution is -2.41. The van der Waals surface area contributed by atoms with Gasteiger partial charge in [-0.1, -0.05) is 43.3 Å². The summed E-state index contributed by atoms with van der Waals surface area (Å²) in [4.78, 5) is 40.2. The molecule has 0 aromatic heterocycles. The van der Waals surface area contributed by atoms with E-state index in [1.54, 1.807) is 94.4 Å². The van der Waals surface area contributed by atoms with Gasteiger partial charge in [0.25, 0.3) is 11.8 Å². The Hall–Kier alpha value is -5.06. The zero-order valence-corrected chi connectivity index (χ0v) is 25.4. The van der Waals surface area contributed by atoms with Crippen LogP contribution >= 0.6 is 0 Å². The maximum absolute atomic E-state index is 14.0. The first kappa shape index (κ1) is 32.8.